The van der Waals surface area contributed by atoms with E-state index in [-0.39, 0.29) is 22.5 Å². The standard InChI is InChI=1S/C25H21N3O4S/c29-23-15-33-25(27(23)21-12-9-16-3-1-4-18(16)13-21)17-7-10-20(11-8-17)26-24(30)19-5-2-6-22(14-19)28(31)32/h2,5-14,25H,1,3-4,15H2,(H,26,30)/t25-/m0/s1. The Labute approximate surface area is 194 Å². The van der Waals surface area contributed by atoms with E-state index in [0.29, 0.717) is 11.4 Å². The van der Waals surface area contributed by atoms with E-state index in [0.717, 1.165) is 30.5 Å². The number of non-ortho nitro benzene ring substituents is 1. The van der Waals surface area contributed by atoms with Crippen LogP contribution in [0, 0.1) is 10.1 Å². The van der Waals surface area contributed by atoms with E-state index in [9.17, 15) is 19.7 Å². The number of rotatable bonds is 5. The van der Waals surface area contributed by atoms with Crippen LogP contribution in [0.3, 0.4) is 0 Å². The molecule has 8 heteroatoms. The molecule has 3 aromatic rings. The van der Waals surface area contributed by atoms with Gasteiger partial charge in [-0.1, -0.05) is 24.3 Å². The van der Waals surface area contributed by atoms with Gasteiger partial charge in [-0.25, -0.2) is 0 Å². The number of nitrogens with zero attached hydrogens (tertiary/aromatic N) is 2. The van der Waals surface area contributed by atoms with Gasteiger partial charge in [0.25, 0.3) is 11.6 Å². The Hall–Kier alpha value is -3.65. The van der Waals surface area contributed by atoms with Crippen LogP contribution in [-0.2, 0) is 17.6 Å². The van der Waals surface area contributed by atoms with Crippen LogP contribution < -0.4 is 10.2 Å². The first-order chi connectivity index (χ1) is 16.0. The summed E-state index contributed by atoms with van der Waals surface area (Å²) in [5.41, 5.74) is 5.27. The Kier molecular flexibility index (Phi) is 5.60. The molecule has 2 amide bonds. The second-order valence-corrected chi connectivity index (χ2v) is 9.19. The molecule has 0 bridgehead atoms. The van der Waals surface area contributed by atoms with E-state index < -0.39 is 10.8 Å². The average molecular weight is 460 g/mol. The zero-order chi connectivity index (χ0) is 22.9. The van der Waals surface area contributed by atoms with Gasteiger partial charge < -0.3 is 5.32 Å². The number of carbonyl (C=O) groups is 2. The molecule has 2 aliphatic rings. The smallest absolute Gasteiger partial charge is 0.270 e. The number of benzene rings is 3. The van der Waals surface area contributed by atoms with Crippen LogP contribution in [0.15, 0.2) is 66.7 Å². The minimum atomic E-state index is -0.529. The number of nitrogens with one attached hydrogen (secondary N) is 1. The zero-order valence-electron chi connectivity index (χ0n) is 17.7. The molecule has 33 heavy (non-hydrogen) atoms. The van der Waals surface area contributed by atoms with Gasteiger partial charge in [0.05, 0.1) is 10.7 Å². The van der Waals surface area contributed by atoms with Crippen LogP contribution in [0.4, 0.5) is 17.1 Å². The number of thioether (sulfide) groups is 1. The van der Waals surface area contributed by atoms with Gasteiger partial charge >= 0.3 is 0 Å². The molecular formula is C25H21N3O4S. The third kappa shape index (κ3) is 4.21. The Morgan fingerprint density at radius 2 is 1.82 bits per heavy atom. The Balaban J connectivity index is 1.33. The van der Waals surface area contributed by atoms with E-state index >= 15 is 0 Å². The highest BCUT2D eigenvalue weighted by Gasteiger charge is 2.34. The van der Waals surface area contributed by atoms with Gasteiger partial charge in [-0.05, 0) is 66.3 Å². The second-order valence-electron chi connectivity index (χ2n) is 8.12. The minimum absolute atomic E-state index is 0.0889. The number of hydrogen-bond acceptors (Lipinski definition) is 5. The summed E-state index contributed by atoms with van der Waals surface area (Å²) < 4.78 is 0. The fourth-order valence-corrected chi connectivity index (χ4v) is 5.53. The van der Waals surface area contributed by atoms with Crippen LogP contribution in [0.1, 0.15) is 38.8 Å². The summed E-state index contributed by atoms with van der Waals surface area (Å²) >= 11 is 1.59. The van der Waals surface area contributed by atoms with Crippen molar-refractivity contribution in [1.82, 2.24) is 0 Å². The van der Waals surface area contributed by atoms with Gasteiger partial charge in [0, 0.05) is 29.1 Å². The topological polar surface area (TPSA) is 92.6 Å². The third-order valence-electron chi connectivity index (χ3n) is 6.00. The van der Waals surface area contributed by atoms with Crippen LogP contribution in [0.2, 0.25) is 0 Å². The van der Waals surface area contributed by atoms with Crippen molar-refractivity contribution in [2.45, 2.75) is 24.6 Å². The number of aryl methyl sites for hydroxylation is 2. The van der Waals surface area contributed by atoms with Crippen molar-refractivity contribution in [2.24, 2.45) is 0 Å². The van der Waals surface area contributed by atoms with Gasteiger partial charge in [-0.15, -0.1) is 11.8 Å². The summed E-state index contributed by atoms with van der Waals surface area (Å²) in [6.07, 6.45) is 3.32. The molecular weight excluding hydrogens is 438 g/mol. The van der Waals surface area contributed by atoms with Gasteiger partial charge in [0.1, 0.15) is 5.37 Å². The Morgan fingerprint density at radius 1 is 1.03 bits per heavy atom. The molecule has 0 aromatic heterocycles. The quantitative estimate of drug-likeness (QED) is 0.423. The lowest BCUT2D eigenvalue weighted by molar-refractivity contribution is -0.384. The first-order valence-corrected chi connectivity index (χ1v) is 11.8. The highest BCUT2D eigenvalue weighted by Crippen LogP contribution is 2.43. The van der Waals surface area contributed by atoms with Crippen LogP contribution in [-0.4, -0.2) is 22.5 Å². The monoisotopic (exact) mass is 459 g/mol. The normalized spacial score (nSPS) is 17.2. The van der Waals surface area contributed by atoms with Gasteiger partial charge in [0.15, 0.2) is 0 Å². The van der Waals surface area contributed by atoms with Crippen molar-refractivity contribution >= 4 is 40.6 Å². The van der Waals surface area contributed by atoms with E-state index in [1.165, 1.54) is 35.4 Å². The van der Waals surface area contributed by atoms with Gasteiger partial charge in [0.2, 0.25) is 5.91 Å². The third-order valence-corrected chi connectivity index (χ3v) is 7.21. The van der Waals surface area contributed by atoms with Crippen molar-refractivity contribution in [1.29, 1.82) is 0 Å². The van der Waals surface area contributed by atoms with Gasteiger partial charge in [-0.2, -0.15) is 0 Å². The fraction of sp³-hybridized carbons (Fsp3) is 0.200. The summed E-state index contributed by atoms with van der Waals surface area (Å²) in [4.78, 5) is 37.5. The number of nitro groups is 1. The Morgan fingerprint density at radius 3 is 2.61 bits per heavy atom. The predicted octanol–water partition coefficient (Wildman–Crippen LogP) is 5.11. The lowest BCUT2D eigenvalue weighted by Gasteiger charge is -2.25. The van der Waals surface area contributed by atoms with Crippen LogP contribution >= 0.6 is 11.8 Å². The zero-order valence-corrected chi connectivity index (χ0v) is 18.5. The van der Waals surface area contributed by atoms with Crippen molar-refractivity contribution in [3.8, 4) is 0 Å². The predicted molar refractivity (Wildman–Crippen MR) is 129 cm³/mol. The molecule has 7 nitrogen and oxygen atoms in total. The van der Waals surface area contributed by atoms with Crippen molar-refractivity contribution in [3.05, 3.63) is 99.1 Å². The molecule has 3 aromatic carbocycles. The molecule has 5 rings (SSSR count). The number of hydrogen-bond donors (Lipinski definition) is 1. The first-order valence-electron chi connectivity index (χ1n) is 10.7. The molecule has 1 fully saturated rings. The second kappa shape index (κ2) is 8.71. The molecule has 1 saturated heterocycles. The summed E-state index contributed by atoms with van der Waals surface area (Å²) in [6.45, 7) is 0. The molecule has 1 aliphatic heterocycles. The molecule has 0 spiro atoms. The highest BCUT2D eigenvalue weighted by molar-refractivity contribution is 8.00. The molecule has 0 radical (unpaired) electrons. The van der Waals surface area contributed by atoms with Crippen LogP contribution in [0.25, 0.3) is 0 Å². The first kappa shape index (κ1) is 21.2. The van der Waals surface area contributed by atoms with Crippen molar-refractivity contribution < 1.29 is 14.5 Å². The molecule has 1 atom stereocenters. The highest BCUT2D eigenvalue weighted by atomic mass is 32.2. The van der Waals surface area contributed by atoms with E-state index in [1.807, 2.05) is 23.1 Å². The Bertz CT molecular complexity index is 1260. The van der Waals surface area contributed by atoms with Gasteiger partial charge in [-0.3, -0.25) is 24.6 Å². The minimum Gasteiger partial charge on any atom is -0.322 e. The molecule has 0 saturated carbocycles. The molecule has 166 valence electrons. The van der Waals surface area contributed by atoms with E-state index in [4.69, 9.17) is 0 Å². The largest absolute Gasteiger partial charge is 0.322 e. The average Bonchev–Trinajstić information content (AvgIpc) is 3.45. The maximum Gasteiger partial charge on any atom is 0.270 e. The number of fused-ring (bicyclic) bond motifs is 1. The lowest BCUT2D eigenvalue weighted by Crippen LogP contribution is -2.27. The number of carbonyl (C=O) groups excluding carboxylic acids is 2. The van der Waals surface area contributed by atoms with Crippen LogP contribution in [0.5, 0.6) is 0 Å². The van der Waals surface area contributed by atoms with Crippen molar-refractivity contribution in [2.75, 3.05) is 16.0 Å². The van der Waals surface area contributed by atoms with Crippen molar-refractivity contribution in [3.63, 3.8) is 0 Å². The summed E-state index contributed by atoms with van der Waals surface area (Å²) in [7, 11) is 0. The maximum atomic E-state index is 12.7. The summed E-state index contributed by atoms with van der Waals surface area (Å²) in [5.74, 6) is 0.0927. The summed E-state index contributed by atoms with van der Waals surface area (Å²) in [5, 5.41) is 13.6. The molecule has 1 aliphatic carbocycles. The maximum absolute atomic E-state index is 12.7. The van der Waals surface area contributed by atoms with E-state index in [2.05, 4.69) is 17.4 Å². The van der Waals surface area contributed by atoms with E-state index in [1.54, 1.807) is 23.9 Å². The molecule has 1 heterocycles. The SMILES string of the molecule is O=C(Nc1ccc([C@@H]2SCC(=O)N2c2ccc3c(c2)CCC3)cc1)c1cccc([N+](=O)[O-])c1. The lowest BCUT2D eigenvalue weighted by atomic mass is 10.1. The number of nitro benzene ring substituents is 1. The molecule has 0 unspecified atom stereocenters. The number of anilines is 2. The molecule has 1 N–H and O–H groups in total. The fourth-order valence-electron chi connectivity index (χ4n) is 4.35. The number of amides is 2. The summed E-state index contributed by atoms with van der Waals surface area (Å²) in [6, 6.07) is 19.3.